The highest BCUT2D eigenvalue weighted by molar-refractivity contribution is 5.62. The van der Waals surface area contributed by atoms with Gasteiger partial charge in [-0.15, -0.1) is 5.73 Å². The molecule has 0 amide bonds. The van der Waals surface area contributed by atoms with Crippen molar-refractivity contribution in [2.24, 2.45) is 5.92 Å². The SMILES string of the molecule is C=C=C1[C@@H](CC)COc2ccccc2N1C. The molecule has 0 aromatic heterocycles. The smallest absolute Gasteiger partial charge is 0.142 e. The number of benzene rings is 1. The summed E-state index contributed by atoms with van der Waals surface area (Å²) in [5, 5.41) is 0. The Balaban J connectivity index is 2.47. The third-order valence-corrected chi connectivity index (χ3v) is 3.09. The number of ether oxygens (including phenoxy) is 1. The van der Waals surface area contributed by atoms with Crippen LogP contribution in [-0.2, 0) is 0 Å². The van der Waals surface area contributed by atoms with Crippen LogP contribution in [0.25, 0.3) is 0 Å². The molecule has 0 saturated heterocycles. The molecule has 0 fully saturated rings. The van der Waals surface area contributed by atoms with Crippen LogP contribution in [0.2, 0.25) is 0 Å². The summed E-state index contributed by atoms with van der Waals surface area (Å²) in [6.07, 6.45) is 1.04. The van der Waals surface area contributed by atoms with Gasteiger partial charge in [0.25, 0.3) is 0 Å². The van der Waals surface area contributed by atoms with Gasteiger partial charge in [-0.25, -0.2) is 0 Å². The van der Waals surface area contributed by atoms with E-state index in [9.17, 15) is 0 Å². The second-order valence-corrected chi connectivity index (χ2v) is 4.00. The fourth-order valence-corrected chi connectivity index (χ4v) is 2.10. The molecule has 84 valence electrons. The first-order chi connectivity index (χ1) is 7.77. The van der Waals surface area contributed by atoms with Crippen LogP contribution in [0.15, 0.2) is 42.3 Å². The molecule has 2 nitrogen and oxygen atoms in total. The molecule has 1 aliphatic rings. The Kier molecular flexibility index (Phi) is 3.02. The number of fused-ring (bicyclic) bond motifs is 1. The van der Waals surface area contributed by atoms with E-state index < -0.39 is 0 Å². The van der Waals surface area contributed by atoms with E-state index in [1.807, 2.05) is 25.2 Å². The Labute approximate surface area is 96.8 Å². The van der Waals surface area contributed by atoms with Crippen molar-refractivity contribution in [1.29, 1.82) is 0 Å². The zero-order valence-corrected chi connectivity index (χ0v) is 9.86. The molecule has 0 bridgehead atoms. The minimum atomic E-state index is 0.370. The highest BCUT2D eigenvalue weighted by atomic mass is 16.5. The summed E-state index contributed by atoms with van der Waals surface area (Å²) in [7, 11) is 2.05. The molecule has 0 saturated carbocycles. The molecule has 1 aromatic rings. The van der Waals surface area contributed by atoms with Gasteiger partial charge in [0.1, 0.15) is 5.75 Å². The number of hydrogen-bond acceptors (Lipinski definition) is 2. The third kappa shape index (κ3) is 1.72. The van der Waals surface area contributed by atoms with Gasteiger partial charge in [-0.2, -0.15) is 0 Å². The topological polar surface area (TPSA) is 12.5 Å². The first-order valence-electron chi connectivity index (χ1n) is 5.63. The number of rotatable bonds is 1. The van der Waals surface area contributed by atoms with Crippen LogP contribution < -0.4 is 9.64 Å². The zero-order valence-electron chi connectivity index (χ0n) is 9.86. The summed E-state index contributed by atoms with van der Waals surface area (Å²) in [4.78, 5) is 2.13. The van der Waals surface area contributed by atoms with Crippen molar-refractivity contribution in [3.8, 4) is 5.75 Å². The van der Waals surface area contributed by atoms with E-state index in [1.54, 1.807) is 0 Å². The Bertz CT molecular complexity index is 432. The van der Waals surface area contributed by atoms with Crippen molar-refractivity contribution >= 4 is 5.69 Å². The molecule has 1 aromatic carbocycles. The summed E-state index contributed by atoms with van der Waals surface area (Å²) in [5.41, 5.74) is 5.25. The first-order valence-corrected chi connectivity index (χ1v) is 5.63. The molecule has 0 aliphatic carbocycles. The molecular weight excluding hydrogens is 198 g/mol. The van der Waals surface area contributed by atoms with Gasteiger partial charge in [0.05, 0.1) is 18.0 Å². The van der Waals surface area contributed by atoms with E-state index >= 15 is 0 Å². The van der Waals surface area contributed by atoms with Crippen molar-refractivity contribution in [2.75, 3.05) is 18.6 Å². The standard InChI is InChI=1S/C14H17NO/c1-4-11-10-16-14-9-7-6-8-13(14)15(3)12(11)5-2/h6-9,11H,2,4,10H2,1,3H3/t11-/m0/s1. The predicted molar refractivity (Wildman–Crippen MR) is 66.8 cm³/mol. The quantitative estimate of drug-likeness (QED) is 0.667. The van der Waals surface area contributed by atoms with Crippen molar-refractivity contribution in [2.45, 2.75) is 13.3 Å². The van der Waals surface area contributed by atoms with Crippen molar-refractivity contribution in [3.63, 3.8) is 0 Å². The molecule has 0 radical (unpaired) electrons. The van der Waals surface area contributed by atoms with Crippen molar-refractivity contribution < 1.29 is 4.74 Å². The molecule has 2 rings (SSSR count). The van der Waals surface area contributed by atoms with Gasteiger partial charge in [0.15, 0.2) is 0 Å². The van der Waals surface area contributed by atoms with Gasteiger partial charge in [0, 0.05) is 13.0 Å². The summed E-state index contributed by atoms with van der Waals surface area (Å²) in [6.45, 7) is 6.65. The van der Waals surface area contributed by atoms with Crippen LogP contribution in [-0.4, -0.2) is 13.7 Å². The number of para-hydroxylation sites is 2. The molecule has 1 atom stereocenters. The average molecular weight is 215 g/mol. The van der Waals surface area contributed by atoms with Gasteiger partial charge >= 0.3 is 0 Å². The monoisotopic (exact) mass is 215 g/mol. The lowest BCUT2D eigenvalue weighted by molar-refractivity contribution is 0.273. The van der Waals surface area contributed by atoms with Gasteiger partial charge < -0.3 is 9.64 Å². The maximum atomic E-state index is 5.82. The fraction of sp³-hybridized carbons (Fsp3) is 0.357. The van der Waals surface area contributed by atoms with E-state index in [4.69, 9.17) is 4.74 Å². The molecule has 16 heavy (non-hydrogen) atoms. The second-order valence-electron chi connectivity index (χ2n) is 4.00. The van der Waals surface area contributed by atoms with E-state index in [0.29, 0.717) is 12.5 Å². The van der Waals surface area contributed by atoms with Gasteiger partial charge in [-0.1, -0.05) is 25.6 Å². The van der Waals surface area contributed by atoms with Crippen LogP contribution in [0.1, 0.15) is 13.3 Å². The lowest BCUT2D eigenvalue weighted by Crippen LogP contribution is -2.22. The van der Waals surface area contributed by atoms with Crippen LogP contribution in [0, 0.1) is 5.92 Å². The van der Waals surface area contributed by atoms with E-state index in [-0.39, 0.29) is 0 Å². The van der Waals surface area contributed by atoms with Crippen LogP contribution in [0.4, 0.5) is 5.69 Å². The second kappa shape index (κ2) is 4.46. The van der Waals surface area contributed by atoms with Crippen molar-refractivity contribution in [3.05, 3.63) is 42.3 Å². The fourth-order valence-electron chi connectivity index (χ4n) is 2.10. The maximum Gasteiger partial charge on any atom is 0.142 e. The molecular formula is C14H17NO. The maximum absolute atomic E-state index is 5.82. The molecule has 1 heterocycles. The normalized spacial score (nSPS) is 19.5. The highest BCUT2D eigenvalue weighted by Crippen LogP contribution is 2.35. The van der Waals surface area contributed by atoms with Gasteiger partial charge in [0.2, 0.25) is 0 Å². The Hall–Kier alpha value is -1.66. The summed E-state index contributed by atoms with van der Waals surface area (Å²) in [5.74, 6) is 1.31. The lowest BCUT2D eigenvalue weighted by atomic mass is 10.0. The molecule has 1 aliphatic heterocycles. The third-order valence-electron chi connectivity index (χ3n) is 3.09. The number of nitrogens with zero attached hydrogens (tertiary/aromatic N) is 1. The zero-order chi connectivity index (χ0) is 11.5. The Morgan fingerprint density at radius 1 is 1.50 bits per heavy atom. The van der Waals surface area contributed by atoms with E-state index in [2.05, 4.69) is 30.2 Å². The van der Waals surface area contributed by atoms with Crippen LogP contribution >= 0.6 is 0 Å². The van der Waals surface area contributed by atoms with Gasteiger partial charge in [-0.05, 0) is 18.6 Å². The van der Waals surface area contributed by atoms with Crippen LogP contribution in [0.5, 0.6) is 5.75 Å². The number of hydrogen-bond donors (Lipinski definition) is 0. The highest BCUT2D eigenvalue weighted by Gasteiger charge is 2.23. The summed E-state index contributed by atoms with van der Waals surface area (Å²) in [6, 6.07) is 8.08. The Morgan fingerprint density at radius 2 is 2.25 bits per heavy atom. The minimum absolute atomic E-state index is 0.370. The molecule has 0 N–H and O–H groups in total. The van der Waals surface area contributed by atoms with Crippen molar-refractivity contribution in [1.82, 2.24) is 0 Å². The van der Waals surface area contributed by atoms with Crippen LogP contribution in [0.3, 0.4) is 0 Å². The molecule has 2 heteroatoms. The molecule has 0 spiro atoms. The van der Waals surface area contributed by atoms with Gasteiger partial charge in [-0.3, -0.25) is 0 Å². The Morgan fingerprint density at radius 3 is 2.94 bits per heavy atom. The van der Waals surface area contributed by atoms with E-state index in [1.165, 1.54) is 0 Å². The summed E-state index contributed by atoms with van der Waals surface area (Å²) < 4.78 is 5.82. The molecule has 0 unspecified atom stereocenters. The summed E-state index contributed by atoms with van der Waals surface area (Å²) >= 11 is 0. The first kappa shape index (κ1) is 10.8. The predicted octanol–water partition coefficient (Wildman–Crippen LogP) is 3.21. The average Bonchev–Trinajstić information content (AvgIpc) is 2.46. The lowest BCUT2D eigenvalue weighted by Gasteiger charge is -2.23. The minimum Gasteiger partial charge on any atom is -0.491 e. The van der Waals surface area contributed by atoms with E-state index in [0.717, 1.165) is 23.6 Å². The largest absolute Gasteiger partial charge is 0.491 e. The number of anilines is 1.